The Hall–Kier alpha value is -3.18. The predicted octanol–water partition coefficient (Wildman–Crippen LogP) is 1.29. The molecule has 0 radical (unpaired) electrons. The monoisotopic (exact) mass is 434 g/mol. The van der Waals surface area contributed by atoms with Crippen LogP contribution in [-0.2, 0) is 22.7 Å². The van der Waals surface area contributed by atoms with E-state index in [0.717, 1.165) is 25.9 Å². The van der Waals surface area contributed by atoms with Crippen LogP contribution in [0.5, 0.6) is 11.5 Å². The summed E-state index contributed by atoms with van der Waals surface area (Å²) in [5, 5.41) is 13.8. The van der Waals surface area contributed by atoms with Gasteiger partial charge in [0.1, 0.15) is 6.61 Å². The number of fused-ring (bicyclic) bond motifs is 1. The molecule has 0 saturated carbocycles. The van der Waals surface area contributed by atoms with Gasteiger partial charge in [0.2, 0.25) is 12.7 Å². The zero-order chi connectivity index (χ0) is 22.1. The predicted molar refractivity (Wildman–Crippen MR) is 107 cm³/mol. The van der Waals surface area contributed by atoms with Crippen molar-refractivity contribution >= 4 is 12.4 Å². The second kappa shape index (κ2) is 11.3. The minimum absolute atomic E-state index is 0.0859. The second-order valence-electron chi connectivity index (χ2n) is 7.14. The number of ether oxygens (including phenoxy) is 3. The lowest BCUT2D eigenvalue weighted by Gasteiger charge is -2.30. The van der Waals surface area contributed by atoms with Crippen LogP contribution in [0.2, 0.25) is 0 Å². The smallest absolute Gasteiger partial charge is 0.290 e. The van der Waals surface area contributed by atoms with Crippen LogP contribution >= 0.6 is 0 Å². The van der Waals surface area contributed by atoms with Crippen LogP contribution in [0.4, 0.5) is 0 Å². The van der Waals surface area contributed by atoms with E-state index < -0.39 is 0 Å². The highest BCUT2D eigenvalue weighted by molar-refractivity contribution is 5.94. The molecule has 0 bridgehead atoms. The van der Waals surface area contributed by atoms with Gasteiger partial charge in [0.15, 0.2) is 17.3 Å². The molecule has 1 aromatic carbocycles. The van der Waals surface area contributed by atoms with Crippen molar-refractivity contribution in [2.75, 3.05) is 33.5 Å². The summed E-state index contributed by atoms with van der Waals surface area (Å²) in [7, 11) is 1.60. The van der Waals surface area contributed by atoms with Crippen LogP contribution in [0.3, 0.4) is 0 Å². The van der Waals surface area contributed by atoms with Gasteiger partial charge in [0.25, 0.3) is 12.4 Å². The van der Waals surface area contributed by atoms with Crippen LogP contribution < -0.4 is 14.8 Å². The van der Waals surface area contributed by atoms with Crippen LogP contribution in [0.1, 0.15) is 34.9 Å². The van der Waals surface area contributed by atoms with E-state index >= 15 is 0 Å². The molecule has 4 rings (SSSR count). The lowest BCUT2D eigenvalue weighted by atomic mass is 9.96. The lowest BCUT2D eigenvalue weighted by Crippen LogP contribution is -2.38. The molecule has 1 aromatic heterocycles. The van der Waals surface area contributed by atoms with Gasteiger partial charge in [0, 0.05) is 19.2 Å². The van der Waals surface area contributed by atoms with Crippen LogP contribution in [0.25, 0.3) is 0 Å². The van der Waals surface area contributed by atoms with E-state index in [1.165, 1.54) is 0 Å². The average molecular weight is 434 g/mol. The van der Waals surface area contributed by atoms with Crippen LogP contribution in [0, 0.1) is 5.92 Å². The number of methoxy groups -OCH3 is 1. The summed E-state index contributed by atoms with van der Waals surface area (Å²) < 4.78 is 20.8. The number of piperidine rings is 1. The molecule has 2 aliphatic rings. The number of carbonyl (C=O) groups is 2. The highest BCUT2D eigenvalue weighted by Gasteiger charge is 2.22. The van der Waals surface area contributed by atoms with Gasteiger partial charge in [-0.2, -0.15) is 4.98 Å². The van der Waals surface area contributed by atoms with Gasteiger partial charge >= 0.3 is 0 Å². The summed E-state index contributed by atoms with van der Waals surface area (Å²) in [5.74, 6) is 2.86. The van der Waals surface area contributed by atoms with Gasteiger partial charge in [-0.3, -0.25) is 14.5 Å². The summed E-state index contributed by atoms with van der Waals surface area (Å²) in [6.45, 7) is 3.50. The van der Waals surface area contributed by atoms with Crippen LogP contribution in [-0.4, -0.2) is 66.1 Å². The van der Waals surface area contributed by atoms with Gasteiger partial charge in [0.05, 0.1) is 6.54 Å². The van der Waals surface area contributed by atoms with Crippen molar-refractivity contribution in [1.29, 1.82) is 0 Å². The molecule has 11 nitrogen and oxygen atoms in total. The Morgan fingerprint density at radius 1 is 1.32 bits per heavy atom. The number of rotatable bonds is 7. The summed E-state index contributed by atoms with van der Waals surface area (Å²) in [6, 6.07) is 5.25. The first-order chi connectivity index (χ1) is 15.1. The first kappa shape index (κ1) is 22.5. The fourth-order valence-corrected chi connectivity index (χ4v) is 3.46. The lowest BCUT2D eigenvalue weighted by molar-refractivity contribution is -0.122. The maximum absolute atomic E-state index is 12.4. The summed E-state index contributed by atoms with van der Waals surface area (Å²) in [6.07, 6.45) is 2.03. The van der Waals surface area contributed by atoms with Crippen molar-refractivity contribution in [3.05, 3.63) is 35.5 Å². The summed E-state index contributed by atoms with van der Waals surface area (Å²) in [4.78, 5) is 27.4. The van der Waals surface area contributed by atoms with E-state index in [0.29, 0.717) is 54.4 Å². The molecule has 11 heteroatoms. The molecule has 2 N–H and O–H groups in total. The Morgan fingerprint density at radius 3 is 2.81 bits per heavy atom. The SMILES string of the molecule is COCc1noc(CN2CCC(CNC(=O)c3ccc4c(c3)OCO4)CC2)n1.O=CO. The minimum Gasteiger partial charge on any atom is -0.483 e. The number of benzene rings is 1. The number of nitrogens with zero attached hydrogens (tertiary/aromatic N) is 3. The van der Waals surface area contributed by atoms with E-state index in [-0.39, 0.29) is 19.2 Å². The number of nitrogens with one attached hydrogen (secondary N) is 1. The van der Waals surface area contributed by atoms with Crippen molar-refractivity contribution in [3.63, 3.8) is 0 Å². The molecule has 0 aliphatic carbocycles. The zero-order valence-electron chi connectivity index (χ0n) is 17.3. The highest BCUT2D eigenvalue weighted by Crippen LogP contribution is 2.32. The van der Waals surface area contributed by atoms with Gasteiger partial charge in [-0.25, -0.2) is 0 Å². The van der Waals surface area contributed by atoms with Gasteiger partial charge in [-0.05, 0) is 50.0 Å². The van der Waals surface area contributed by atoms with E-state index in [1.54, 1.807) is 25.3 Å². The Labute approximate surface area is 179 Å². The van der Waals surface area contributed by atoms with Crippen molar-refractivity contribution in [3.8, 4) is 11.5 Å². The first-order valence-electron chi connectivity index (χ1n) is 9.91. The Balaban J connectivity index is 0.000000858. The molecule has 1 fully saturated rings. The van der Waals surface area contributed by atoms with E-state index in [2.05, 4.69) is 20.4 Å². The minimum atomic E-state index is -0.250. The van der Waals surface area contributed by atoms with Crippen molar-refractivity contribution in [1.82, 2.24) is 20.4 Å². The summed E-state index contributed by atoms with van der Waals surface area (Å²) >= 11 is 0. The Morgan fingerprint density at radius 2 is 2.06 bits per heavy atom. The highest BCUT2D eigenvalue weighted by atomic mass is 16.7. The molecule has 0 unspecified atom stereocenters. The van der Waals surface area contributed by atoms with Crippen LogP contribution in [0.15, 0.2) is 22.7 Å². The topological polar surface area (TPSA) is 136 Å². The zero-order valence-corrected chi connectivity index (χ0v) is 17.3. The van der Waals surface area contributed by atoms with Crippen molar-refractivity contribution in [2.45, 2.75) is 26.0 Å². The van der Waals surface area contributed by atoms with Crippen molar-refractivity contribution < 1.29 is 33.4 Å². The van der Waals surface area contributed by atoms with Gasteiger partial charge in [-0.15, -0.1) is 0 Å². The van der Waals surface area contributed by atoms with E-state index in [4.69, 9.17) is 28.6 Å². The number of hydrogen-bond donors (Lipinski definition) is 2. The largest absolute Gasteiger partial charge is 0.483 e. The molecular weight excluding hydrogens is 408 g/mol. The number of amides is 1. The maximum Gasteiger partial charge on any atom is 0.290 e. The number of hydrogen-bond acceptors (Lipinski definition) is 9. The molecule has 3 heterocycles. The molecule has 0 spiro atoms. The number of carboxylic acid groups (broad SMARTS) is 1. The molecule has 168 valence electrons. The molecule has 2 aromatic rings. The number of aromatic nitrogens is 2. The fourth-order valence-electron chi connectivity index (χ4n) is 3.46. The Kier molecular flexibility index (Phi) is 8.19. The third kappa shape index (κ3) is 6.40. The van der Waals surface area contributed by atoms with E-state index in [1.807, 2.05) is 0 Å². The molecule has 1 amide bonds. The maximum atomic E-state index is 12.4. The molecule has 31 heavy (non-hydrogen) atoms. The molecule has 1 saturated heterocycles. The standard InChI is InChI=1S/C19H24N4O5.CH2O2/c1-25-11-17-21-18(28-22-17)10-23-6-4-13(5-7-23)9-20-19(24)14-2-3-15-16(8-14)27-12-26-15;2-1-3/h2-3,8,13H,4-7,9-12H2,1H3,(H,20,24);1H,(H,2,3). The Bertz CT molecular complexity index is 865. The van der Waals surface area contributed by atoms with E-state index in [9.17, 15) is 4.79 Å². The average Bonchev–Trinajstić information content (AvgIpc) is 3.42. The van der Waals surface area contributed by atoms with Gasteiger partial charge in [-0.1, -0.05) is 5.16 Å². The number of carbonyl (C=O) groups excluding carboxylic acids is 1. The first-order valence-corrected chi connectivity index (χ1v) is 9.91. The van der Waals surface area contributed by atoms with Gasteiger partial charge < -0.3 is 29.2 Å². The summed E-state index contributed by atoms with van der Waals surface area (Å²) in [5.41, 5.74) is 0.588. The quantitative estimate of drug-likeness (QED) is 0.613. The van der Waals surface area contributed by atoms with Crippen molar-refractivity contribution in [2.24, 2.45) is 5.92 Å². The normalized spacial score (nSPS) is 15.8. The fraction of sp³-hybridized carbons (Fsp3) is 0.500. The molecule has 2 aliphatic heterocycles. The third-order valence-electron chi connectivity index (χ3n) is 5.04. The molecular formula is C20H26N4O7. The molecule has 0 atom stereocenters. The second-order valence-corrected chi connectivity index (χ2v) is 7.14. The third-order valence-corrected chi connectivity index (χ3v) is 5.04. The number of likely N-dealkylation sites (tertiary alicyclic amines) is 1.